The summed E-state index contributed by atoms with van der Waals surface area (Å²) < 4.78 is 0. The van der Waals surface area contributed by atoms with Crippen LogP contribution in [0.25, 0.3) is 0 Å². The lowest BCUT2D eigenvalue weighted by Crippen LogP contribution is -2.34. The predicted octanol–water partition coefficient (Wildman–Crippen LogP) is 3.32. The highest BCUT2D eigenvalue weighted by atomic mass is 35.5. The maximum atomic E-state index is 12.6. The molecule has 1 aromatic carbocycles. The van der Waals surface area contributed by atoms with Gasteiger partial charge < -0.3 is 10.6 Å². The van der Waals surface area contributed by atoms with Crippen molar-refractivity contribution < 1.29 is 4.79 Å². The van der Waals surface area contributed by atoms with Crippen molar-refractivity contribution in [3.63, 3.8) is 0 Å². The average Bonchev–Trinajstić information content (AvgIpc) is 2.91. The zero-order chi connectivity index (χ0) is 14.5. The van der Waals surface area contributed by atoms with E-state index in [4.69, 9.17) is 17.3 Å². The maximum Gasteiger partial charge on any atom is 0.277 e. The number of rotatable bonds is 1. The SMILES string of the molecule is CC1(C)CN(C(=O)c2csc(N)n2)c2cccc(Cl)c21. The summed E-state index contributed by atoms with van der Waals surface area (Å²) in [6.45, 7) is 4.75. The lowest BCUT2D eigenvalue weighted by atomic mass is 9.87. The number of nitrogen functional groups attached to an aromatic ring is 1. The van der Waals surface area contributed by atoms with Crippen LogP contribution < -0.4 is 10.6 Å². The summed E-state index contributed by atoms with van der Waals surface area (Å²) in [6.07, 6.45) is 0. The Morgan fingerprint density at radius 3 is 2.90 bits per heavy atom. The molecule has 0 unspecified atom stereocenters. The zero-order valence-electron chi connectivity index (χ0n) is 11.2. The molecule has 1 aliphatic rings. The van der Waals surface area contributed by atoms with E-state index in [1.807, 2.05) is 18.2 Å². The van der Waals surface area contributed by atoms with E-state index in [0.29, 0.717) is 22.4 Å². The molecule has 1 amide bonds. The summed E-state index contributed by atoms with van der Waals surface area (Å²) in [4.78, 5) is 18.4. The van der Waals surface area contributed by atoms with E-state index in [2.05, 4.69) is 18.8 Å². The van der Waals surface area contributed by atoms with Gasteiger partial charge in [-0.25, -0.2) is 4.98 Å². The van der Waals surface area contributed by atoms with Crippen LogP contribution in [-0.2, 0) is 5.41 Å². The summed E-state index contributed by atoms with van der Waals surface area (Å²) >= 11 is 7.57. The monoisotopic (exact) mass is 307 g/mol. The first-order chi connectivity index (χ1) is 9.40. The summed E-state index contributed by atoms with van der Waals surface area (Å²) in [5.41, 5.74) is 7.68. The molecule has 0 bridgehead atoms. The molecule has 0 aliphatic carbocycles. The third-order valence-electron chi connectivity index (χ3n) is 3.50. The van der Waals surface area contributed by atoms with Crippen molar-refractivity contribution in [3.05, 3.63) is 39.9 Å². The van der Waals surface area contributed by atoms with E-state index in [9.17, 15) is 4.79 Å². The first-order valence-electron chi connectivity index (χ1n) is 6.22. The fourth-order valence-corrected chi connectivity index (χ4v) is 3.63. The highest BCUT2D eigenvalue weighted by molar-refractivity contribution is 7.13. The summed E-state index contributed by atoms with van der Waals surface area (Å²) in [5.74, 6) is -0.132. The number of aromatic nitrogens is 1. The number of thiazole rings is 1. The van der Waals surface area contributed by atoms with E-state index >= 15 is 0 Å². The second-order valence-electron chi connectivity index (χ2n) is 5.48. The molecule has 3 rings (SSSR count). The van der Waals surface area contributed by atoms with Crippen LogP contribution in [0.5, 0.6) is 0 Å². The molecule has 0 saturated carbocycles. The van der Waals surface area contributed by atoms with E-state index in [1.54, 1.807) is 10.3 Å². The molecule has 0 fully saturated rings. The van der Waals surface area contributed by atoms with Crippen LogP contribution in [0.2, 0.25) is 5.02 Å². The van der Waals surface area contributed by atoms with Crippen molar-refractivity contribution in [2.75, 3.05) is 17.2 Å². The van der Waals surface area contributed by atoms with Gasteiger partial charge in [0, 0.05) is 33.6 Å². The number of hydrogen-bond acceptors (Lipinski definition) is 4. The van der Waals surface area contributed by atoms with Crippen LogP contribution in [0.4, 0.5) is 10.8 Å². The average molecular weight is 308 g/mol. The smallest absolute Gasteiger partial charge is 0.277 e. The minimum Gasteiger partial charge on any atom is -0.375 e. The fraction of sp³-hybridized carbons (Fsp3) is 0.286. The molecule has 2 N–H and O–H groups in total. The lowest BCUT2D eigenvalue weighted by Gasteiger charge is -2.20. The molecule has 2 aromatic rings. The molecular weight excluding hydrogens is 294 g/mol. The summed E-state index contributed by atoms with van der Waals surface area (Å²) in [6, 6.07) is 5.64. The van der Waals surface area contributed by atoms with Gasteiger partial charge in [0.2, 0.25) is 0 Å². The number of halogens is 1. The quantitative estimate of drug-likeness (QED) is 0.879. The molecule has 0 atom stereocenters. The van der Waals surface area contributed by atoms with Gasteiger partial charge in [-0.2, -0.15) is 0 Å². The number of nitrogens with zero attached hydrogens (tertiary/aromatic N) is 2. The zero-order valence-corrected chi connectivity index (χ0v) is 12.8. The van der Waals surface area contributed by atoms with Crippen LogP contribution in [-0.4, -0.2) is 17.4 Å². The van der Waals surface area contributed by atoms with Gasteiger partial charge in [0.15, 0.2) is 5.13 Å². The predicted molar refractivity (Wildman–Crippen MR) is 82.7 cm³/mol. The normalized spacial score (nSPS) is 16.2. The third kappa shape index (κ3) is 1.98. The molecule has 104 valence electrons. The Morgan fingerprint density at radius 1 is 1.50 bits per heavy atom. The maximum absolute atomic E-state index is 12.6. The Hall–Kier alpha value is -1.59. The topological polar surface area (TPSA) is 59.2 Å². The van der Waals surface area contributed by atoms with E-state index in [1.165, 1.54) is 11.3 Å². The number of amides is 1. The van der Waals surface area contributed by atoms with Gasteiger partial charge in [0.05, 0.1) is 0 Å². The molecule has 0 saturated heterocycles. The summed E-state index contributed by atoms with van der Waals surface area (Å²) in [7, 11) is 0. The van der Waals surface area contributed by atoms with Gasteiger partial charge in [-0.3, -0.25) is 4.79 Å². The van der Waals surface area contributed by atoms with E-state index in [-0.39, 0.29) is 11.3 Å². The van der Waals surface area contributed by atoms with Gasteiger partial charge in [-0.15, -0.1) is 11.3 Å². The van der Waals surface area contributed by atoms with Crippen LogP contribution in [0.3, 0.4) is 0 Å². The highest BCUT2D eigenvalue weighted by Gasteiger charge is 2.40. The molecular formula is C14H14ClN3OS. The van der Waals surface area contributed by atoms with Gasteiger partial charge in [0.1, 0.15) is 5.69 Å². The van der Waals surface area contributed by atoms with Crippen molar-refractivity contribution in [3.8, 4) is 0 Å². The molecule has 20 heavy (non-hydrogen) atoms. The molecule has 4 nitrogen and oxygen atoms in total. The first kappa shape index (κ1) is 13.4. The van der Waals surface area contributed by atoms with E-state index < -0.39 is 0 Å². The second kappa shape index (κ2) is 4.46. The van der Waals surface area contributed by atoms with Crippen LogP contribution in [0, 0.1) is 0 Å². The fourth-order valence-electron chi connectivity index (χ4n) is 2.67. The number of carbonyl (C=O) groups excluding carboxylic acids is 1. The third-order valence-corrected chi connectivity index (χ3v) is 4.49. The number of hydrogen-bond donors (Lipinski definition) is 1. The van der Waals surface area contributed by atoms with Crippen molar-refractivity contribution >= 4 is 39.7 Å². The van der Waals surface area contributed by atoms with Gasteiger partial charge >= 0.3 is 0 Å². The number of carbonyl (C=O) groups is 1. The Bertz CT molecular complexity index is 695. The standard InChI is InChI=1S/C14H14ClN3OS/c1-14(2)7-18(10-5-3-4-8(15)11(10)14)12(19)9-6-20-13(16)17-9/h3-6H,7H2,1-2H3,(H2,16,17). The molecule has 6 heteroatoms. The van der Waals surface area contributed by atoms with Crippen LogP contribution >= 0.6 is 22.9 Å². The molecule has 0 spiro atoms. The molecule has 2 heterocycles. The largest absolute Gasteiger partial charge is 0.375 e. The van der Waals surface area contributed by atoms with Crippen molar-refractivity contribution in [1.82, 2.24) is 4.98 Å². The van der Waals surface area contributed by atoms with E-state index in [0.717, 1.165) is 11.3 Å². The second-order valence-corrected chi connectivity index (χ2v) is 6.78. The Labute approximate surface area is 126 Å². The highest BCUT2D eigenvalue weighted by Crippen LogP contribution is 2.44. The lowest BCUT2D eigenvalue weighted by molar-refractivity contribution is 0.0982. The van der Waals surface area contributed by atoms with Crippen LogP contribution in [0.15, 0.2) is 23.6 Å². The summed E-state index contributed by atoms with van der Waals surface area (Å²) in [5, 5.41) is 2.78. The molecule has 1 aliphatic heterocycles. The van der Waals surface area contributed by atoms with Gasteiger partial charge in [-0.1, -0.05) is 31.5 Å². The Kier molecular flexibility index (Phi) is 2.99. The van der Waals surface area contributed by atoms with Crippen molar-refractivity contribution in [2.24, 2.45) is 0 Å². The van der Waals surface area contributed by atoms with Gasteiger partial charge in [-0.05, 0) is 12.1 Å². The Morgan fingerprint density at radius 2 is 2.25 bits per heavy atom. The molecule has 1 aromatic heterocycles. The number of fused-ring (bicyclic) bond motifs is 1. The van der Waals surface area contributed by atoms with Crippen molar-refractivity contribution in [1.29, 1.82) is 0 Å². The van der Waals surface area contributed by atoms with Crippen LogP contribution in [0.1, 0.15) is 29.9 Å². The number of benzene rings is 1. The number of nitrogens with two attached hydrogens (primary N) is 1. The Balaban J connectivity index is 2.06. The van der Waals surface area contributed by atoms with Crippen molar-refractivity contribution in [2.45, 2.75) is 19.3 Å². The minimum absolute atomic E-state index is 0.132. The minimum atomic E-state index is -0.176. The first-order valence-corrected chi connectivity index (χ1v) is 7.48. The van der Waals surface area contributed by atoms with Gasteiger partial charge in [0.25, 0.3) is 5.91 Å². The number of anilines is 2. The molecule has 0 radical (unpaired) electrons.